The van der Waals surface area contributed by atoms with Gasteiger partial charge in [0.25, 0.3) is 10.0 Å². The summed E-state index contributed by atoms with van der Waals surface area (Å²) in [6.45, 7) is 1.82. The molecule has 21 heavy (non-hydrogen) atoms. The Morgan fingerprint density at radius 3 is 2.33 bits per heavy atom. The van der Waals surface area contributed by atoms with E-state index in [9.17, 15) is 18.0 Å². The van der Waals surface area contributed by atoms with E-state index in [0.717, 1.165) is 0 Å². The van der Waals surface area contributed by atoms with Gasteiger partial charge in [0.15, 0.2) is 0 Å². The topological polar surface area (TPSA) is 118 Å². The second-order valence-corrected chi connectivity index (χ2v) is 7.07. The number of hydrogen-bond donors (Lipinski definition) is 3. The molecule has 0 aliphatic rings. The first-order valence-electron chi connectivity index (χ1n) is 5.98. The van der Waals surface area contributed by atoms with Gasteiger partial charge in [-0.25, -0.2) is 17.9 Å². The van der Waals surface area contributed by atoms with E-state index in [0.29, 0.717) is 5.56 Å². The summed E-state index contributed by atoms with van der Waals surface area (Å²) in [6.07, 6.45) is 1.72. The van der Waals surface area contributed by atoms with Crippen LogP contribution in [0.1, 0.15) is 12.5 Å². The quantitative estimate of drug-likeness (QED) is 0.698. The molecule has 9 heteroatoms. The molecule has 7 nitrogen and oxygen atoms in total. The number of carbonyl (C=O) groups excluding carboxylic acids is 2. The SMILES string of the molecule is CS[C@@H](C)C(=O)NS(=O)(=O)c1ccc(CNC(N)=O)cc1. The lowest BCUT2D eigenvalue weighted by molar-refractivity contribution is -0.118. The van der Waals surface area contributed by atoms with Crippen molar-refractivity contribution in [2.45, 2.75) is 23.6 Å². The molecule has 0 spiro atoms. The van der Waals surface area contributed by atoms with E-state index >= 15 is 0 Å². The molecule has 1 aromatic carbocycles. The van der Waals surface area contributed by atoms with Crippen LogP contribution in [0.5, 0.6) is 0 Å². The smallest absolute Gasteiger partial charge is 0.312 e. The van der Waals surface area contributed by atoms with Crippen LogP contribution < -0.4 is 15.8 Å². The van der Waals surface area contributed by atoms with Gasteiger partial charge in [0.2, 0.25) is 5.91 Å². The Morgan fingerprint density at radius 2 is 1.86 bits per heavy atom. The van der Waals surface area contributed by atoms with Crippen LogP contribution in [0.2, 0.25) is 0 Å². The van der Waals surface area contributed by atoms with Gasteiger partial charge in [-0.15, -0.1) is 0 Å². The van der Waals surface area contributed by atoms with Crippen LogP contribution in [-0.2, 0) is 21.4 Å². The first-order valence-corrected chi connectivity index (χ1v) is 8.75. The molecule has 0 fully saturated rings. The van der Waals surface area contributed by atoms with Gasteiger partial charge in [-0.05, 0) is 30.9 Å². The molecule has 1 rings (SSSR count). The molecule has 0 bridgehead atoms. The van der Waals surface area contributed by atoms with E-state index in [4.69, 9.17) is 5.73 Å². The maximum absolute atomic E-state index is 12.0. The molecule has 1 atom stereocenters. The fourth-order valence-corrected chi connectivity index (χ4v) is 2.76. The third-order valence-corrected chi connectivity index (χ3v) is 4.94. The number of hydrogen-bond acceptors (Lipinski definition) is 5. The van der Waals surface area contributed by atoms with E-state index in [-0.39, 0.29) is 11.4 Å². The van der Waals surface area contributed by atoms with E-state index in [1.54, 1.807) is 13.2 Å². The summed E-state index contributed by atoms with van der Waals surface area (Å²) in [4.78, 5) is 22.2. The third-order valence-electron chi connectivity index (χ3n) is 2.66. The van der Waals surface area contributed by atoms with Crippen molar-refractivity contribution in [1.82, 2.24) is 10.0 Å². The molecular formula is C12H17N3O4S2. The molecule has 116 valence electrons. The van der Waals surface area contributed by atoms with Crippen molar-refractivity contribution in [2.24, 2.45) is 5.73 Å². The first kappa shape index (κ1) is 17.3. The van der Waals surface area contributed by atoms with Crippen LogP contribution in [0, 0.1) is 0 Å². The van der Waals surface area contributed by atoms with Crippen molar-refractivity contribution in [3.05, 3.63) is 29.8 Å². The molecule has 0 saturated carbocycles. The molecule has 3 amide bonds. The highest BCUT2D eigenvalue weighted by molar-refractivity contribution is 8.00. The molecule has 0 aliphatic carbocycles. The summed E-state index contributed by atoms with van der Waals surface area (Å²) in [6, 6.07) is 5.12. The zero-order valence-electron chi connectivity index (χ0n) is 11.6. The van der Waals surface area contributed by atoms with Crippen LogP contribution in [0.25, 0.3) is 0 Å². The molecule has 0 unspecified atom stereocenters. The van der Waals surface area contributed by atoms with Gasteiger partial charge < -0.3 is 11.1 Å². The predicted molar refractivity (Wildman–Crippen MR) is 81.2 cm³/mol. The monoisotopic (exact) mass is 331 g/mol. The van der Waals surface area contributed by atoms with E-state index < -0.39 is 27.2 Å². The van der Waals surface area contributed by atoms with Crippen LogP contribution in [0.15, 0.2) is 29.2 Å². The number of nitrogens with two attached hydrogens (primary N) is 1. The Bertz CT molecular complexity index is 614. The van der Waals surface area contributed by atoms with Crippen molar-refractivity contribution in [2.75, 3.05) is 6.26 Å². The molecule has 0 heterocycles. The van der Waals surface area contributed by atoms with Crippen molar-refractivity contribution >= 4 is 33.7 Å². The second-order valence-electron chi connectivity index (χ2n) is 4.21. The largest absolute Gasteiger partial charge is 0.352 e. The molecule has 0 aliphatic heterocycles. The number of sulfonamides is 1. The van der Waals surface area contributed by atoms with E-state index in [2.05, 4.69) is 5.32 Å². The van der Waals surface area contributed by atoms with Crippen molar-refractivity contribution in [1.29, 1.82) is 0 Å². The van der Waals surface area contributed by atoms with Crippen LogP contribution in [0.3, 0.4) is 0 Å². The first-order chi connectivity index (χ1) is 9.76. The Balaban J connectivity index is 2.80. The highest BCUT2D eigenvalue weighted by Crippen LogP contribution is 2.12. The van der Waals surface area contributed by atoms with Crippen LogP contribution >= 0.6 is 11.8 Å². The van der Waals surface area contributed by atoms with E-state index in [1.165, 1.54) is 36.0 Å². The lowest BCUT2D eigenvalue weighted by Gasteiger charge is -2.11. The molecular weight excluding hydrogens is 314 g/mol. The summed E-state index contributed by atoms with van der Waals surface area (Å²) in [5.41, 5.74) is 5.63. The zero-order chi connectivity index (χ0) is 16.0. The van der Waals surface area contributed by atoms with Gasteiger partial charge >= 0.3 is 6.03 Å². The fraction of sp³-hybridized carbons (Fsp3) is 0.333. The predicted octanol–water partition coefficient (Wildman–Crippen LogP) is 0.411. The molecule has 1 aromatic rings. The van der Waals surface area contributed by atoms with Crippen molar-refractivity contribution < 1.29 is 18.0 Å². The minimum atomic E-state index is -3.89. The standard InChI is InChI=1S/C12H17N3O4S2/c1-8(20-2)11(16)15-21(18,19)10-5-3-9(4-6-10)7-14-12(13)17/h3-6,8H,7H2,1-2H3,(H,15,16)(H3,13,14,17)/t8-/m0/s1. The lowest BCUT2D eigenvalue weighted by Crippen LogP contribution is -2.35. The number of primary amides is 1. The second kappa shape index (κ2) is 7.32. The normalized spacial score (nSPS) is 12.5. The Hall–Kier alpha value is -1.74. The van der Waals surface area contributed by atoms with E-state index in [1.807, 2.05) is 4.72 Å². The summed E-state index contributed by atoms with van der Waals surface area (Å²) in [5.74, 6) is -0.568. The maximum atomic E-state index is 12.0. The maximum Gasteiger partial charge on any atom is 0.312 e. The summed E-state index contributed by atoms with van der Waals surface area (Å²) in [5, 5.41) is 1.93. The number of carbonyl (C=O) groups is 2. The minimum absolute atomic E-state index is 0.0213. The number of rotatable bonds is 6. The van der Waals surface area contributed by atoms with Gasteiger partial charge in [0.05, 0.1) is 10.1 Å². The molecule has 0 saturated heterocycles. The number of thioether (sulfide) groups is 1. The average molecular weight is 331 g/mol. The molecule has 0 radical (unpaired) electrons. The number of urea groups is 1. The minimum Gasteiger partial charge on any atom is -0.352 e. The lowest BCUT2D eigenvalue weighted by atomic mass is 10.2. The number of amides is 3. The zero-order valence-corrected chi connectivity index (χ0v) is 13.3. The summed E-state index contributed by atoms with van der Waals surface area (Å²) in [7, 11) is -3.89. The van der Waals surface area contributed by atoms with Crippen molar-refractivity contribution in [3.8, 4) is 0 Å². The van der Waals surface area contributed by atoms with Crippen molar-refractivity contribution in [3.63, 3.8) is 0 Å². The van der Waals surface area contributed by atoms with Crippen LogP contribution in [0.4, 0.5) is 4.79 Å². The molecule has 4 N–H and O–H groups in total. The van der Waals surface area contributed by atoms with Crippen LogP contribution in [-0.4, -0.2) is 31.9 Å². The molecule has 0 aromatic heterocycles. The highest BCUT2D eigenvalue weighted by Gasteiger charge is 2.20. The number of nitrogens with one attached hydrogen (secondary N) is 2. The van der Waals surface area contributed by atoms with Gasteiger partial charge in [0.1, 0.15) is 0 Å². The Morgan fingerprint density at radius 1 is 1.29 bits per heavy atom. The Labute approximate surface area is 127 Å². The van der Waals surface area contributed by atoms with Gasteiger partial charge in [-0.3, -0.25) is 4.79 Å². The van der Waals surface area contributed by atoms with Gasteiger partial charge in [-0.1, -0.05) is 12.1 Å². The average Bonchev–Trinajstić information content (AvgIpc) is 2.44. The summed E-state index contributed by atoms with van der Waals surface area (Å²) < 4.78 is 26.0. The Kier molecular flexibility index (Phi) is 6.03. The number of benzene rings is 1. The van der Waals surface area contributed by atoms with Gasteiger partial charge in [0, 0.05) is 6.54 Å². The van der Waals surface area contributed by atoms with Gasteiger partial charge in [-0.2, -0.15) is 11.8 Å². The summed E-state index contributed by atoms with van der Waals surface area (Å²) >= 11 is 1.25. The third kappa shape index (κ3) is 5.27. The highest BCUT2D eigenvalue weighted by atomic mass is 32.2. The fourth-order valence-electron chi connectivity index (χ4n) is 1.36.